The van der Waals surface area contributed by atoms with Gasteiger partial charge in [-0.05, 0) is 32.0 Å². The van der Waals surface area contributed by atoms with Crippen LogP contribution in [0.3, 0.4) is 0 Å². The van der Waals surface area contributed by atoms with Crippen LogP contribution >= 0.6 is 0 Å². The molecule has 0 radical (unpaired) electrons. The minimum Gasteiger partial charge on any atom is -0.469 e. The molecule has 0 spiro atoms. The van der Waals surface area contributed by atoms with Gasteiger partial charge in [-0.1, -0.05) is 32.9 Å². The second-order valence-electron chi connectivity index (χ2n) is 10.5. The van der Waals surface area contributed by atoms with E-state index in [-0.39, 0.29) is 28.9 Å². The van der Waals surface area contributed by atoms with Crippen molar-refractivity contribution in [1.82, 2.24) is 0 Å². The fourth-order valence-electron chi connectivity index (χ4n) is 4.32. The first kappa shape index (κ1) is 23.4. The summed E-state index contributed by atoms with van der Waals surface area (Å²) in [5.41, 5.74) is 0. The van der Waals surface area contributed by atoms with E-state index in [1.54, 1.807) is 0 Å². The van der Waals surface area contributed by atoms with Crippen LogP contribution in [0.2, 0.25) is 18.1 Å². The molecule has 2 fully saturated rings. The molecular formula is C22H36O7Si. The molecule has 2 saturated heterocycles. The van der Waals surface area contributed by atoms with Crippen LogP contribution in [-0.4, -0.2) is 58.6 Å². The second kappa shape index (κ2) is 8.04. The SMILES string of the molecule is COC(=O)[C@@H]1[C@@H]([C@@H](O[Si](C)(C)C(C)(C)C)[C@@H]2COC(C)(C)O2)C=C[C@H]2COC(=O)[C@H]12. The lowest BCUT2D eigenvalue weighted by molar-refractivity contribution is -0.165. The molecule has 0 N–H and O–H groups in total. The highest BCUT2D eigenvalue weighted by molar-refractivity contribution is 6.74. The molecule has 3 aliphatic rings. The van der Waals surface area contributed by atoms with E-state index in [0.29, 0.717) is 13.2 Å². The molecule has 0 saturated carbocycles. The highest BCUT2D eigenvalue weighted by Gasteiger charge is 2.55. The zero-order valence-electron chi connectivity index (χ0n) is 19.4. The maximum absolute atomic E-state index is 12.9. The zero-order valence-corrected chi connectivity index (χ0v) is 20.4. The number of fused-ring (bicyclic) bond motifs is 1. The summed E-state index contributed by atoms with van der Waals surface area (Å²) in [4.78, 5) is 25.4. The highest BCUT2D eigenvalue weighted by Crippen LogP contribution is 2.46. The van der Waals surface area contributed by atoms with Crippen LogP contribution in [0.25, 0.3) is 0 Å². The van der Waals surface area contributed by atoms with Crippen molar-refractivity contribution in [1.29, 1.82) is 0 Å². The van der Waals surface area contributed by atoms with Gasteiger partial charge in [-0.2, -0.15) is 0 Å². The minimum absolute atomic E-state index is 0.0335. The number of esters is 2. The molecule has 6 atom stereocenters. The second-order valence-corrected chi connectivity index (χ2v) is 15.3. The number of cyclic esters (lactones) is 1. The fraction of sp³-hybridized carbons (Fsp3) is 0.818. The van der Waals surface area contributed by atoms with Crippen LogP contribution in [0.4, 0.5) is 0 Å². The summed E-state index contributed by atoms with van der Waals surface area (Å²) in [5.74, 6) is -3.23. The van der Waals surface area contributed by atoms with Crippen LogP contribution in [0.1, 0.15) is 34.6 Å². The number of ether oxygens (including phenoxy) is 4. The molecule has 0 amide bonds. The first-order valence-corrected chi connectivity index (χ1v) is 13.6. The Hall–Kier alpha value is -1.22. The molecule has 1 aliphatic carbocycles. The summed E-state index contributed by atoms with van der Waals surface area (Å²) in [7, 11) is -0.873. The summed E-state index contributed by atoms with van der Waals surface area (Å²) < 4.78 is 29.3. The van der Waals surface area contributed by atoms with E-state index >= 15 is 0 Å². The predicted molar refractivity (Wildman–Crippen MR) is 113 cm³/mol. The first-order chi connectivity index (χ1) is 13.8. The van der Waals surface area contributed by atoms with Gasteiger partial charge in [0.1, 0.15) is 6.10 Å². The predicted octanol–water partition coefficient (Wildman–Crippen LogP) is 3.29. The summed E-state index contributed by atoms with van der Waals surface area (Å²) in [6.45, 7) is 15.3. The van der Waals surface area contributed by atoms with Crippen molar-refractivity contribution in [3.63, 3.8) is 0 Å². The molecular weight excluding hydrogens is 404 g/mol. The summed E-state index contributed by atoms with van der Waals surface area (Å²) >= 11 is 0. The monoisotopic (exact) mass is 440 g/mol. The van der Waals surface area contributed by atoms with Crippen molar-refractivity contribution in [2.75, 3.05) is 20.3 Å². The normalized spacial score (nSPS) is 34.4. The van der Waals surface area contributed by atoms with Gasteiger partial charge in [-0.25, -0.2) is 0 Å². The Labute approximate surface area is 180 Å². The molecule has 3 rings (SSSR count). The number of carbonyl (C=O) groups is 2. The molecule has 170 valence electrons. The van der Waals surface area contributed by atoms with Crippen molar-refractivity contribution in [2.24, 2.45) is 23.7 Å². The smallest absolute Gasteiger partial charge is 0.310 e. The quantitative estimate of drug-likeness (QED) is 0.369. The van der Waals surface area contributed by atoms with Crippen LogP contribution < -0.4 is 0 Å². The number of hydrogen-bond acceptors (Lipinski definition) is 7. The van der Waals surface area contributed by atoms with Crippen LogP contribution in [-0.2, 0) is 33.0 Å². The van der Waals surface area contributed by atoms with Crippen molar-refractivity contribution < 1.29 is 33.0 Å². The third-order valence-electron chi connectivity index (χ3n) is 7.02. The maximum Gasteiger partial charge on any atom is 0.310 e. The van der Waals surface area contributed by atoms with Gasteiger partial charge < -0.3 is 23.4 Å². The van der Waals surface area contributed by atoms with Crippen molar-refractivity contribution in [3.05, 3.63) is 12.2 Å². The van der Waals surface area contributed by atoms with E-state index in [4.69, 9.17) is 23.4 Å². The average Bonchev–Trinajstić information content (AvgIpc) is 3.19. The Morgan fingerprint density at radius 3 is 2.43 bits per heavy atom. The van der Waals surface area contributed by atoms with Gasteiger partial charge in [0.05, 0.1) is 38.3 Å². The van der Waals surface area contributed by atoms with Gasteiger partial charge in [0.2, 0.25) is 0 Å². The van der Waals surface area contributed by atoms with Crippen molar-refractivity contribution in [2.45, 2.75) is 70.7 Å². The number of hydrogen-bond donors (Lipinski definition) is 0. The van der Waals surface area contributed by atoms with Crippen molar-refractivity contribution >= 4 is 20.3 Å². The zero-order chi connectivity index (χ0) is 22.5. The highest BCUT2D eigenvalue weighted by atomic mass is 28.4. The molecule has 0 aromatic heterocycles. The van der Waals surface area contributed by atoms with Gasteiger partial charge in [0.25, 0.3) is 0 Å². The van der Waals surface area contributed by atoms with E-state index in [9.17, 15) is 9.59 Å². The van der Waals surface area contributed by atoms with Gasteiger partial charge in [0.15, 0.2) is 14.1 Å². The van der Waals surface area contributed by atoms with Gasteiger partial charge in [-0.15, -0.1) is 0 Å². The summed E-state index contributed by atoms with van der Waals surface area (Å²) in [6.07, 6.45) is 3.19. The maximum atomic E-state index is 12.9. The van der Waals surface area contributed by atoms with Crippen LogP contribution in [0.15, 0.2) is 12.2 Å². The number of rotatable bonds is 5. The summed E-state index contributed by atoms with van der Waals surface area (Å²) in [6, 6.07) is 0. The fourth-order valence-corrected chi connectivity index (χ4v) is 5.66. The van der Waals surface area contributed by atoms with Crippen LogP contribution in [0.5, 0.6) is 0 Å². The number of methoxy groups -OCH3 is 1. The Kier molecular flexibility index (Phi) is 6.28. The van der Waals surface area contributed by atoms with Crippen LogP contribution in [0, 0.1) is 23.7 Å². The Bertz CT molecular complexity index is 709. The lowest BCUT2D eigenvalue weighted by atomic mass is 9.69. The lowest BCUT2D eigenvalue weighted by Gasteiger charge is -2.45. The van der Waals surface area contributed by atoms with Gasteiger partial charge in [0, 0.05) is 11.8 Å². The molecule has 30 heavy (non-hydrogen) atoms. The molecule has 0 aromatic carbocycles. The Morgan fingerprint density at radius 1 is 1.23 bits per heavy atom. The first-order valence-electron chi connectivity index (χ1n) is 10.7. The standard InChI is InChI=1S/C22H36O7Si/c1-21(2,3)30(7,8)29-18(15-12-27-22(4,5)28-15)14-10-9-13-11-26-20(24)16(13)17(14)19(23)25-6/h9-10,13-18H,11-12H2,1-8H3/t13-,14-,15-,16-,17+,18+/m0/s1. The van der Waals surface area contributed by atoms with E-state index in [1.165, 1.54) is 7.11 Å². The van der Waals surface area contributed by atoms with Gasteiger partial charge >= 0.3 is 11.9 Å². The van der Waals surface area contributed by atoms with E-state index in [2.05, 4.69) is 33.9 Å². The molecule has 0 aromatic rings. The third kappa shape index (κ3) is 4.37. The lowest BCUT2D eigenvalue weighted by Crippen LogP contribution is -2.54. The molecule has 0 bridgehead atoms. The molecule has 8 heteroatoms. The molecule has 2 heterocycles. The van der Waals surface area contributed by atoms with E-state index in [0.717, 1.165) is 0 Å². The average molecular weight is 441 g/mol. The Morgan fingerprint density at radius 2 is 1.90 bits per heavy atom. The molecule has 0 unspecified atom stereocenters. The topological polar surface area (TPSA) is 80.3 Å². The molecule has 2 aliphatic heterocycles. The third-order valence-corrected chi connectivity index (χ3v) is 11.5. The summed E-state index contributed by atoms with van der Waals surface area (Å²) in [5, 5.41) is -0.0335. The Balaban J connectivity index is 2.01. The van der Waals surface area contributed by atoms with Gasteiger partial charge in [-0.3, -0.25) is 9.59 Å². The molecule has 7 nitrogen and oxygen atoms in total. The van der Waals surface area contributed by atoms with E-state index in [1.807, 2.05) is 26.0 Å². The minimum atomic E-state index is -2.23. The van der Waals surface area contributed by atoms with E-state index < -0.39 is 38.0 Å². The number of carbonyl (C=O) groups excluding carboxylic acids is 2. The van der Waals surface area contributed by atoms with Crippen molar-refractivity contribution in [3.8, 4) is 0 Å². The largest absolute Gasteiger partial charge is 0.469 e.